The fraction of sp³-hybridized carbons (Fsp3) is 0.226. The number of halogens is 1. The van der Waals surface area contributed by atoms with E-state index in [-0.39, 0.29) is 10.8 Å². The average Bonchev–Trinajstić information content (AvgIpc) is 3.25. The molecule has 0 amide bonds. The fourth-order valence-electron chi connectivity index (χ4n) is 6.15. The second kappa shape index (κ2) is 6.59. The summed E-state index contributed by atoms with van der Waals surface area (Å²) in [5.74, 6) is 0. The minimum Gasteiger partial charge on any atom is -0.0840 e. The summed E-state index contributed by atoms with van der Waals surface area (Å²) < 4.78 is 0. The van der Waals surface area contributed by atoms with Gasteiger partial charge in [0.15, 0.2) is 0 Å². The minimum absolute atomic E-state index is 0.00687. The van der Waals surface area contributed by atoms with Crippen LogP contribution < -0.4 is 0 Å². The predicted octanol–water partition coefficient (Wildman–Crippen LogP) is 8.54. The van der Waals surface area contributed by atoms with Crippen molar-refractivity contribution in [3.8, 4) is 22.3 Å². The molecule has 2 aliphatic carbocycles. The molecular weight excluding hydrogens is 408 g/mol. The van der Waals surface area contributed by atoms with Gasteiger partial charge in [0.05, 0.1) is 5.41 Å². The van der Waals surface area contributed by atoms with Gasteiger partial charge in [0.1, 0.15) is 0 Å². The molecule has 0 aromatic heterocycles. The molecule has 6 rings (SSSR count). The summed E-state index contributed by atoms with van der Waals surface area (Å²) in [5, 5.41) is 0.850. The SMILES string of the molecule is CCc1ccc2c(c1)C1(c3ccccc3-c3cccc(Cl)c31)c1c-2cccc1C(C)(C)C. The molecule has 4 aromatic carbocycles. The second-order valence-corrected chi connectivity index (χ2v) is 10.6. The molecule has 1 unspecified atom stereocenters. The lowest BCUT2D eigenvalue weighted by Crippen LogP contribution is -2.30. The highest BCUT2D eigenvalue weighted by atomic mass is 35.5. The number of hydrogen-bond acceptors (Lipinski definition) is 0. The van der Waals surface area contributed by atoms with Gasteiger partial charge in [-0.15, -0.1) is 0 Å². The first kappa shape index (κ1) is 19.8. The highest BCUT2D eigenvalue weighted by Crippen LogP contribution is 2.65. The van der Waals surface area contributed by atoms with Gasteiger partial charge in [0.25, 0.3) is 0 Å². The minimum atomic E-state index is -0.385. The van der Waals surface area contributed by atoms with Gasteiger partial charge < -0.3 is 0 Å². The van der Waals surface area contributed by atoms with Crippen molar-refractivity contribution >= 4 is 11.6 Å². The molecule has 4 aromatic rings. The van der Waals surface area contributed by atoms with E-state index in [0.717, 1.165) is 11.4 Å². The van der Waals surface area contributed by atoms with Gasteiger partial charge >= 0.3 is 0 Å². The largest absolute Gasteiger partial charge is 0.0840 e. The van der Waals surface area contributed by atoms with Crippen LogP contribution >= 0.6 is 11.6 Å². The van der Waals surface area contributed by atoms with Crippen LogP contribution in [0, 0.1) is 0 Å². The molecule has 0 N–H and O–H groups in total. The standard InChI is InChI=1S/C31H27Cl/c1-5-19-16-17-21-22-11-8-14-25(30(2,3)4)28(22)31(26(21)18-19)24-13-7-6-10-20(24)23-12-9-15-27(32)29(23)31/h6-18H,5H2,1-4H3. The first-order chi connectivity index (χ1) is 15.4. The molecule has 0 nitrogen and oxygen atoms in total. The van der Waals surface area contributed by atoms with Gasteiger partial charge in [-0.25, -0.2) is 0 Å². The summed E-state index contributed by atoms with van der Waals surface area (Å²) in [7, 11) is 0. The van der Waals surface area contributed by atoms with Crippen molar-refractivity contribution in [3.63, 3.8) is 0 Å². The van der Waals surface area contributed by atoms with Crippen LogP contribution in [-0.2, 0) is 17.3 Å². The topological polar surface area (TPSA) is 0 Å². The molecule has 0 bridgehead atoms. The average molecular weight is 435 g/mol. The summed E-state index contributed by atoms with van der Waals surface area (Å²) in [5.41, 5.74) is 13.0. The maximum Gasteiger partial charge on any atom is 0.0743 e. The molecule has 0 fully saturated rings. The molecule has 0 aliphatic heterocycles. The molecule has 0 radical (unpaired) electrons. The Morgan fingerprint density at radius 2 is 1.34 bits per heavy atom. The Labute approximate surface area is 195 Å². The Balaban J connectivity index is 1.90. The quantitative estimate of drug-likeness (QED) is 0.243. The van der Waals surface area contributed by atoms with E-state index in [1.54, 1.807) is 0 Å². The van der Waals surface area contributed by atoms with Gasteiger partial charge in [-0.3, -0.25) is 0 Å². The van der Waals surface area contributed by atoms with E-state index in [2.05, 4.69) is 107 Å². The number of fused-ring (bicyclic) bond motifs is 10. The molecule has 1 atom stereocenters. The summed E-state index contributed by atoms with van der Waals surface area (Å²) in [6.07, 6.45) is 1.02. The van der Waals surface area contributed by atoms with E-state index in [4.69, 9.17) is 11.6 Å². The lowest BCUT2D eigenvalue weighted by molar-refractivity contribution is 0.574. The Hall–Kier alpha value is -2.83. The molecule has 1 spiro atoms. The third-order valence-electron chi connectivity index (χ3n) is 7.44. The molecule has 158 valence electrons. The highest BCUT2D eigenvalue weighted by molar-refractivity contribution is 6.32. The molecule has 0 heterocycles. The van der Waals surface area contributed by atoms with E-state index in [0.29, 0.717) is 0 Å². The number of rotatable bonds is 1. The van der Waals surface area contributed by atoms with Crippen LogP contribution in [0.15, 0.2) is 78.9 Å². The van der Waals surface area contributed by atoms with Crippen LogP contribution in [0.25, 0.3) is 22.3 Å². The zero-order chi connectivity index (χ0) is 22.3. The smallest absolute Gasteiger partial charge is 0.0743 e. The van der Waals surface area contributed by atoms with Crippen molar-refractivity contribution in [2.24, 2.45) is 0 Å². The Kier molecular flexibility index (Phi) is 4.08. The number of hydrogen-bond donors (Lipinski definition) is 0. The molecule has 32 heavy (non-hydrogen) atoms. The van der Waals surface area contributed by atoms with Crippen LogP contribution in [0.4, 0.5) is 0 Å². The van der Waals surface area contributed by atoms with E-state index in [9.17, 15) is 0 Å². The monoisotopic (exact) mass is 434 g/mol. The van der Waals surface area contributed by atoms with Gasteiger partial charge in [-0.2, -0.15) is 0 Å². The van der Waals surface area contributed by atoms with E-state index in [1.807, 2.05) is 0 Å². The van der Waals surface area contributed by atoms with Crippen LogP contribution in [0.1, 0.15) is 61.1 Å². The van der Waals surface area contributed by atoms with Crippen LogP contribution in [0.2, 0.25) is 5.02 Å². The molecule has 0 saturated heterocycles. The number of aryl methyl sites for hydroxylation is 1. The van der Waals surface area contributed by atoms with Crippen molar-refractivity contribution in [1.29, 1.82) is 0 Å². The van der Waals surface area contributed by atoms with Gasteiger partial charge in [-0.1, -0.05) is 112 Å². The fourth-order valence-corrected chi connectivity index (χ4v) is 6.46. The first-order valence-corrected chi connectivity index (χ1v) is 11.9. The van der Waals surface area contributed by atoms with E-state index < -0.39 is 0 Å². The van der Waals surface area contributed by atoms with Crippen molar-refractivity contribution in [2.45, 2.75) is 44.9 Å². The van der Waals surface area contributed by atoms with Crippen LogP contribution in [0.3, 0.4) is 0 Å². The molecule has 0 saturated carbocycles. The van der Waals surface area contributed by atoms with Gasteiger partial charge in [-0.05, 0) is 73.5 Å². The lowest BCUT2D eigenvalue weighted by Gasteiger charge is -2.35. The summed E-state index contributed by atoms with van der Waals surface area (Å²) in [4.78, 5) is 0. The first-order valence-electron chi connectivity index (χ1n) is 11.6. The maximum atomic E-state index is 7.10. The molecule has 2 aliphatic rings. The highest BCUT2D eigenvalue weighted by Gasteiger charge is 2.54. The zero-order valence-corrected chi connectivity index (χ0v) is 19.8. The zero-order valence-electron chi connectivity index (χ0n) is 19.1. The normalized spacial score (nSPS) is 17.8. The summed E-state index contributed by atoms with van der Waals surface area (Å²) in [6.45, 7) is 9.21. The molecule has 1 heteroatoms. The number of benzene rings is 4. The van der Waals surface area contributed by atoms with Gasteiger partial charge in [0, 0.05) is 5.02 Å². The van der Waals surface area contributed by atoms with Crippen LogP contribution in [0.5, 0.6) is 0 Å². The summed E-state index contributed by atoms with van der Waals surface area (Å²) >= 11 is 7.10. The Morgan fingerprint density at radius 3 is 2.09 bits per heavy atom. The Morgan fingerprint density at radius 1 is 0.688 bits per heavy atom. The molecular formula is C31H27Cl. The van der Waals surface area contributed by atoms with Crippen LogP contribution in [-0.4, -0.2) is 0 Å². The van der Waals surface area contributed by atoms with Gasteiger partial charge in [0.2, 0.25) is 0 Å². The van der Waals surface area contributed by atoms with Crippen molar-refractivity contribution in [2.75, 3.05) is 0 Å². The third kappa shape index (κ3) is 2.34. The van der Waals surface area contributed by atoms with Crippen molar-refractivity contribution in [3.05, 3.63) is 117 Å². The third-order valence-corrected chi connectivity index (χ3v) is 7.76. The van der Waals surface area contributed by atoms with Crippen molar-refractivity contribution in [1.82, 2.24) is 0 Å². The summed E-state index contributed by atoms with van der Waals surface area (Å²) in [6, 6.07) is 29.2. The van der Waals surface area contributed by atoms with E-state index in [1.165, 1.54) is 55.6 Å². The van der Waals surface area contributed by atoms with E-state index >= 15 is 0 Å². The predicted molar refractivity (Wildman–Crippen MR) is 136 cm³/mol. The van der Waals surface area contributed by atoms with Crippen molar-refractivity contribution < 1.29 is 0 Å². The maximum absolute atomic E-state index is 7.10. The Bertz CT molecular complexity index is 1400. The second-order valence-electron chi connectivity index (χ2n) is 10.2. The lowest BCUT2D eigenvalue weighted by atomic mass is 9.66.